The lowest BCUT2D eigenvalue weighted by Crippen LogP contribution is -2.58. The van der Waals surface area contributed by atoms with Crippen LogP contribution in [-0.2, 0) is 23.9 Å². The minimum atomic E-state index is -1.00. The molecule has 5 heteroatoms. The second-order valence-electron chi connectivity index (χ2n) is 12.1. The number of hydrogen-bond acceptors (Lipinski definition) is 5. The van der Waals surface area contributed by atoms with Crippen LogP contribution in [0.3, 0.4) is 0 Å². The SMILES string of the molecule is CCCCCC(=O)O[C@]1(C(C)=O)CCC2C3C=C(C)C4=CC(OC(C)=O)CC[C@]4(C)C3CC[C@@]21C. The van der Waals surface area contributed by atoms with Gasteiger partial charge in [0, 0.05) is 18.8 Å². The smallest absolute Gasteiger partial charge is 0.306 e. The first-order valence-corrected chi connectivity index (χ1v) is 13.8. The van der Waals surface area contributed by atoms with Crippen LogP contribution in [0.5, 0.6) is 0 Å². The van der Waals surface area contributed by atoms with Crippen molar-refractivity contribution in [2.45, 2.75) is 117 Å². The predicted octanol–water partition coefficient (Wildman–Crippen LogP) is 6.50. The van der Waals surface area contributed by atoms with Crippen LogP contribution < -0.4 is 0 Å². The number of Topliss-reactive ketones (excluding diaryl/α,β-unsaturated/α-hetero) is 1. The maximum absolute atomic E-state index is 13.2. The molecule has 5 nitrogen and oxygen atoms in total. The van der Waals surface area contributed by atoms with E-state index in [1.165, 1.54) is 18.1 Å². The van der Waals surface area contributed by atoms with Gasteiger partial charge in [0.1, 0.15) is 6.10 Å². The summed E-state index contributed by atoms with van der Waals surface area (Å²) in [6.45, 7) is 12.0. The lowest BCUT2D eigenvalue weighted by Gasteiger charge is -2.58. The Hall–Kier alpha value is -1.91. The third-order valence-corrected chi connectivity index (χ3v) is 10.2. The first-order valence-electron chi connectivity index (χ1n) is 13.8. The van der Waals surface area contributed by atoms with E-state index in [0.29, 0.717) is 30.6 Å². The molecule has 0 aromatic heterocycles. The Morgan fingerprint density at radius 3 is 2.34 bits per heavy atom. The molecule has 0 spiro atoms. The first kappa shape index (κ1) is 26.2. The van der Waals surface area contributed by atoms with Gasteiger partial charge in [-0.1, -0.05) is 45.3 Å². The summed E-state index contributed by atoms with van der Waals surface area (Å²) >= 11 is 0. The topological polar surface area (TPSA) is 69.7 Å². The van der Waals surface area contributed by atoms with Crippen molar-refractivity contribution in [1.82, 2.24) is 0 Å². The Kier molecular flexibility index (Phi) is 7.11. The van der Waals surface area contributed by atoms with Gasteiger partial charge >= 0.3 is 11.9 Å². The maximum Gasteiger partial charge on any atom is 0.306 e. The molecule has 0 aliphatic heterocycles. The molecule has 0 amide bonds. The van der Waals surface area contributed by atoms with Crippen LogP contribution in [0.25, 0.3) is 0 Å². The molecule has 35 heavy (non-hydrogen) atoms. The predicted molar refractivity (Wildman–Crippen MR) is 135 cm³/mol. The van der Waals surface area contributed by atoms with Gasteiger partial charge < -0.3 is 9.47 Å². The van der Waals surface area contributed by atoms with Crippen LogP contribution in [0, 0.1) is 28.6 Å². The third-order valence-electron chi connectivity index (χ3n) is 10.2. The van der Waals surface area contributed by atoms with Crippen molar-refractivity contribution in [2.24, 2.45) is 28.6 Å². The number of ether oxygens (including phenoxy) is 2. The maximum atomic E-state index is 13.2. The molecule has 0 heterocycles. The third kappa shape index (κ3) is 4.21. The van der Waals surface area contributed by atoms with Crippen molar-refractivity contribution in [3.63, 3.8) is 0 Å². The van der Waals surface area contributed by atoms with Gasteiger partial charge in [-0.05, 0) is 93.6 Å². The largest absolute Gasteiger partial charge is 0.458 e. The Morgan fingerprint density at radius 1 is 0.971 bits per heavy atom. The van der Waals surface area contributed by atoms with Gasteiger partial charge in [-0.3, -0.25) is 14.4 Å². The van der Waals surface area contributed by atoms with E-state index in [1.54, 1.807) is 6.92 Å². The van der Waals surface area contributed by atoms with Crippen LogP contribution in [0.2, 0.25) is 0 Å². The van der Waals surface area contributed by atoms with Crippen LogP contribution in [0.15, 0.2) is 23.3 Å². The summed E-state index contributed by atoms with van der Waals surface area (Å²) in [5.41, 5.74) is 1.30. The van der Waals surface area contributed by atoms with Gasteiger partial charge in [0.05, 0.1) is 0 Å². The highest BCUT2D eigenvalue weighted by Gasteiger charge is 2.67. The summed E-state index contributed by atoms with van der Waals surface area (Å²) in [4.78, 5) is 37.6. The van der Waals surface area contributed by atoms with Gasteiger partial charge in [-0.25, -0.2) is 0 Å². The Morgan fingerprint density at radius 2 is 1.69 bits per heavy atom. The van der Waals surface area contributed by atoms with Crippen molar-refractivity contribution in [2.75, 3.05) is 0 Å². The van der Waals surface area contributed by atoms with E-state index in [2.05, 4.69) is 39.8 Å². The molecule has 4 rings (SSSR count). The van der Waals surface area contributed by atoms with Crippen molar-refractivity contribution < 1.29 is 23.9 Å². The summed E-state index contributed by atoms with van der Waals surface area (Å²) in [7, 11) is 0. The van der Waals surface area contributed by atoms with Crippen LogP contribution >= 0.6 is 0 Å². The average molecular weight is 485 g/mol. The molecule has 0 saturated heterocycles. The molecule has 0 radical (unpaired) electrons. The molecule has 0 aromatic carbocycles. The second kappa shape index (κ2) is 9.52. The minimum Gasteiger partial charge on any atom is -0.458 e. The number of allylic oxidation sites excluding steroid dienone is 3. The molecular formula is C30H44O5. The van der Waals surface area contributed by atoms with E-state index >= 15 is 0 Å². The van der Waals surface area contributed by atoms with Gasteiger partial charge in [0.2, 0.25) is 0 Å². The highest BCUT2D eigenvalue weighted by atomic mass is 16.6. The van der Waals surface area contributed by atoms with E-state index < -0.39 is 5.60 Å². The fraction of sp³-hybridized carbons (Fsp3) is 0.767. The Balaban J connectivity index is 1.64. The summed E-state index contributed by atoms with van der Waals surface area (Å²) in [5, 5.41) is 0. The molecule has 4 aliphatic rings. The molecular weight excluding hydrogens is 440 g/mol. The minimum absolute atomic E-state index is 0.00925. The number of esters is 2. The average Bonchev–Trinajstić information content (AvgIpc) is 3.08. The highest BCUT2D eigenvalue weighted by Crippen LogP contribution is 2.68. The monoisotopic (exact) mass is 484 g/mol. The quantitative estimate of drug-likeness (QED) is 0.305. The highest BCUT2D eigenvalue weighted by molar-refractivity contribution is 5.89. The van der Waals surface area contributed by atoms with Crippen molar-refractivity contribution in [3.8, 4) is 0 Å². The zero-order valence-corrected chi connectivity index (χ0v) is 22.6. The van der Waals surface area contributed by atoms with Crippen molar-refractivity contribution in [1.29, 1.82) is 0 Å². The number of carbonyl (C=O) groups excluding carboxylic acids is 3. The van der Waals surface area contributed by atoms with E-state index in [4.69, 9.17) is 9.47 Å². The second-order valence-corrected chi connectivity index (χ2v) is 12.1. The number of rotatable bonds is 7. The van der Waals surface area contributed by atoms with Crippen molar-refractivity contribution in [3.05, 3.63) is 23.3 Å². The molecule has 7 atom stereocenters. The van der Waals surface area contributed by atoms with Crippen LogP contribution in [0.4, 0.5) is 0 Å². The van der Waals surface area contributed by atoms with Crippen LogP contribution in [-0.4, -0.2) is 29.4 Å². The summed E-state index contributed by atoms with van der Waals surface area (Å²) in [6, 6.07) is 0. The lowest BCUT2D eigenvalue weighted by atomic mass is 9.47. The number of carbonyl (C=O) groups is 3. The molecule has 2 saturated carbocycles. The number of fused-ring (bicyclic) bond motifs is 5. The Bertz CT molecular complexity index is 946. The van der Waals surface area contributed by atoms with E-state index in [-0.39, 0.29) is 34.7 Å². The molecule has 0 aromatic rings. The molecule has 4 unspecified atom stereocenters. The molecule has 0 bridgehead atoms. The zero-order chi connectivity index (χ0) is 25.6. The first-order chi connectivity index (χ1) is 16.5. The summed E-state index contributed by atoms with van der Waals surface area (Å²) < 4.78 is 11.8. The molecule has 0 N–H and O–H groups in total. The normalized spacial score (nSPS) is 39.9. The van der Waals surface area contributed by atoms with Gasteiger partial charge in [-0.2, -0.15) is 0 Å². The summed E-state index contributed by atoms with van der Waals surface area (Å²) in [6.07, 6.45) is 13.0. The standard InChI is InChI=1S/C30H44O5/c1-7-8-9-10-27(33)35-30(20(3)31)16-13-25-23-17-19(2)26-18-22(34-21(4)32)11-14-28(26,5)24(23)12-15-29(25,30)6/h17-18,22-25H,7-16H2,1-6H3/t22?,23?,24?,25?,28-,29+,30+/m1/s1. The fourth-order valence-electron chi connectivity index (χ4n) is 8.44. The van der Waals surface area contributed by atoms with Crippen LogP contribution in [0.1, 0.15) is 106 Å². The van der Waals surface area contributed by atoms with Gasteiger partial charge in [-0.15, -0.1) is 0 Å². The van der Waals surface area contributed by atoms with Gasteiger partial charge in [0.25, 0.3) is 0 Å². The van der Waals surface area contributed by atoms with E-state index in [0.717, 1.165) is 51.4 Å². The number of unbranched alkanes of at least 4 members (excludes halogenated alkanes) is 2. The number of hydrogen-bond donors (Lipinski definition) is 0. The van der Waals surface area contributed by atoms with E-state index in [9.17, 15) is 14.4 Å². The molecule has 4 aliphatic carbocycles. The fourth-order valence-corrected chi connectivity index (χ4v) is 8.44. The zero-order valence-electron chi connectivity index (χ0n) is 22.6. The Labute approximate surface area is 211 Å². The molecule has 2 fully saturated rings. The summed E-state index contributed by atoms with van der Waals surface area (Å²) in [5.74, 6) is 0.727. The number of ketones is 1. The van der Waals surface area contributed by atoms with Crippen molar-refractivity contribution >= 4 is 17.7 Å². The van der Waals surface area contributed by atoms with E-state index in [1.807, 2.05) is 0 Å². The van der Waals surface area contributed by atoms with Gasteiger partial charge in [0.15, 0.2) is 11.4 Å². The molecule has 194 valence electrons. The lowest BCUT2D eigenvalue weighted by molar-refractivity contribution is -0.187.